The van der Waals surface area contributed by atoms with Crippen LogP contribution in [0.2, 0.25) is 0 Å². The molecular weight excluding hydrogens is 385 g/mol. The molecule has 0 saturated heterocycles. The maximum Gasteiger partial charge on any atom is 0.254 e. The van der Waals surface area contributed by atoms with Crippen molar-refractivity contribution in [2.45, 2.75) is 33.4 Å². The molecule has 7 nitrogen and oxygen atoms in total. The van der Waals surface area contributed by atoms with Crippen molar-refractivity contribution in [3.05, 3.63) is 65.6 Å². The molecule has 0 atom stereocenters. The molecule has 0 unspecified atom stereocenters. The highest BCUT2D eigenvalue weighted by atomic mass is 19.1. The molecule has 0 fully saturated rings. The third kappa shape index (κ3) is 3.80. The number of halogens is 1. The quantitative estimate of drug-likeness (QED) is 0.490. The summed E-state index contributed by atoms with van der Waals surface area (Å²) in [5.74, 6) is -0.113. The molecule has 0 radical (unpaired) electrons. The molecule has 154 valence electrons. The van der Waals surface area contributed by atoms with E-state index in [1.807, 2.05) is 31.6 Å². The molecule has 3 heterocycles. The molecule has 0 N–H and O–H groups in total. The molecule has 30 heavy (non-hydrogen) atoms. The zero-order chi connectivity index (χ0) is 21.4. The second-order valence-corrected chi connectivity index (χ2v) is 7.62. The van der Waals surface area contributed by atoms with Crippen LogP contribution in [0.15, 0.2) is 47.2 Å². The highest BCUT2D eigenvalue weighted by Gasteiger charge is 2.20. The van der Waals surface area contributed by atoms with Gasteiger partial charge in [0, 0.05) is 36.3 Å². The summed E-state index contributed by atoms with van der Waals surface area (Å²) in [5.41, 5.74) is 3.04. The Hall–Kier alpha value is -3.55. The van der Waals surface area contributed by atoms with Crippen LogP contribution in [0.3, 0.4) is 0 Å². The van der Waals surface area contributed by atoms with Crippen molar-refractivity contribution in [1.29, 1.82) is 0 Å². The van der Waals surface area contributed by atoms with E-state index in [1.165, 1.54) is 17.0 Å². The van der Waals surface area contributed by atoms with Crippen LogP contribution in [0.5, 0.6) is 0 Å². The van der Waals surface area contributed by atoms with E-state index in [-0.39, 0.29) is 18.5 Å². The summed E-state index contributed by atoms with van der Waals surface area (Å²) in [6.45, 7) is 6.13. The predicted octanol–water partition coefficient (Wildman–Crippen LogP) is 4.39. The lowest BCUT2D eigenvalue weighted by Crippen LogP contribution is -2.26. The molecule has 8 heteroatoms. The summed E-state index contributed by atoms with van der Waals surface area (Å²) in [4.78, 5) is 19.4. The number of pyridine rings is 1. The fourth-order valence-corrected chi connectivity index (χ4v) is 3.28. The molecule has 1 aromatic carbocycles. The highest BCUT2D eigenvalue weighted by molar-refractivity contribution is 6.07. The minimum Gasteiger partial charge on any atom is -0.359 e. The molecular formula is C22H22FN5O2. The Kier molecular flexibility index (Phi) is 5.07. The van der Waals surface area contributed by atoms with Gasteiger partial charge in [0.1, 0.15) is 5.82 Å². The molecule has 0 bridgehead atoms. The van der Waals surface area contributed by atoms with Gasteiger partial charge in [-0.2, -0.15) is 5.10 Å². The van der Waals surface area contributed by atoms with Gasteiger partial charge in [-0.1, -0.05) is 5.16 Å². The number of aromatic nitrogens is 4. The summed E-state index contributed by atoms with van der Waals surface area (Å²) in [7, 11) is 1.67. The van der Waals surface area contributed by atoms with Crippen molar-refractivity contribution in [1.82, 2.24) is 24.8 Å². The summed E-state index contributed by atoms with van der Waals surface area (Å²) in [6, 6.07) is 7.92. The number of rotatable bonds is 5. The van der Waals surface area contributed by atoms with Gasteiger partial charge in [0.15, 0.2) is 5.76 Å². The van der Waals surface area contributed by atoms with Crippen molar-refractivity contribution in [3.8, 4) is 11.3 Å². The van der Waals surface area contributed by atoms with Gasteiger partial charge in [0.25, 0.3) is 5.91 Å². The number of nitrogens with zero attached hydrogens (tertiary/aromatic N) is 5. The number of hydrogen-bond acceptors (Lipinski definition) is 5. The molecule has 0 aliphatic carbocycles. The first kappa shape index (κ1) is 19.8. The van der Waals surface area contributed by atoms with Gasteiger partial charge >= 0.3 is 0 Å². The minimum absolute atomic E-state index is 0.200. The van der Waals surface area contributed by atoms with Gasteiger partial charge in [-0.25, -0.2) is 9.37 Å². The van der Waals surface area contributed by atoms with Gasteiger partial charge in [-0.3, -0.25) is 9.48 Å². The summed E-state index contributed by atoms with van der Waals surface area (Å²) in [6.07, 6.45) is 3.60. The molecule has 0 aliphatic heterocycles. The van der Waals surface area contributed by atoms with Crippen molar-refractivity contribution in [2.24, 2.45) is 0 Å². The Morgan fingerprint density at radius 3 is 2.73 bits per heavy atom. The van der Waals surface area contributed by atoms with Gasteiger partial charge in [-0.05, 0) is 45.0 Å². The smallest absolute Gasteiger partial charge is 0.254 e. The molecule has 4 aromatic rings. The van der Waals surface area contributed by atoms with Crippen LogP contribution in [0.1, 0.15) is 41.7 Å². The van der Waals surface area contributed by atoms with Gasteiger partial charge < -0.3 is 9.42 Å². The largest absolute Gasteiger partial charge is 0.359 e. The number of amides is 1. The average molecular weight is 407 g/mol. The zero-order valence-corrected chi connectivity index (χ0v) is 17.3. The van der Waals surface area contributed by atoms with Gasteiger partial charge in [0.2, 0.25) is 0 Å². The topological polar surface area (TPSA) is 77.0 Å². The normalized spacial score (nSPS) is 11.4. The second-order valence-electron chi connectivity index (χ2n) is 7.62. The lowest BCUT2D eigenvalue weighted by molar-refractivity contribution is 0.0774. The van der Waals surface area contributed by atoms with E-state index < -0.39 is 5.82 Å². The van der Waals surface area contributed by atoms with E-state index in [0.29, 0.717) is 27.9 Å². The first-order chi connectivity index (χ1) is 14.3. The van der Waals surface area contributed by atoms with E-state index >= 15 is 0 Å². The van der Waals surface area contributed by atoms with E-state index in [9.17, 15) is 9.18 Å². The fourth-order valence-electron chi connectivity index (χ4n) is 3.28. The SMILES string of the molecule is Cc1cc(CN(C)C(=O)c2cc(-c3cnn(C(C)C)c3)nc3ccc(F)cc23)on1. The van der Waals surface area contributed by atoms with Crippen molar-refractivity contribution in [3.63, 3.8) is 0 Å². The Morgan fingerprint density at radius 1 is 1.27 bits per heavy atom. The Morgan fingerprint density at radius 2 is 2.07 bits per heavy atom. The van der Waals surface area contributed by atoms with Crippen LogP contribution in [-0.2, 0) is 6.54 Å². The van der Waals surface area contributed by atoms with Crippen LogP contribution in [0.4, 0.5) is 4.39 Å². The second kappa shape index (κ2) is 7.70. The maximum absolute atomic E-state index is 14.0. The predicted molar refractivity (Wildman–Crippen MR) is 110 cm³/mol. The lowest BCUT2D eigenvalue weighted by Gasteiger charge is -2.17. The average Bonchev–Trinajstić information content (AvgIpc) is 3.36. The number of carbonyl (C=O) groups excluding carboxylic acids is 1. The summed E-state index contributed by atoms with van der Waals surface area (Å²) in [5, 5.41) is 8.67. The first-order valence-corrected chi connectivity index (χ1v) is 9.64. The van der Waals surface area contributed by atoms with Crippen LogP contribution in [-0.4, -0.2) is 37.8 Å². The Bertz CT molecular complexity index is 1230. The standard InChI is InChI=1S/C22H22FN5O2/c1-13(2)28-11-15(10-24-28)21-9-19(18-8-16(23)5-6-20(18)25-21)22(29)27(4)12-17-7-14(3)26-30-17/h5-11,13H,12H2,1-4H3. The number of aryl methyl sites for hydroxylation is 1. The molecule has 4 rings (SSSR count). The Labute approximate surface area is 173 Å². The van der Waals surface area contributed by atoms with Crippen LogP contribution < -0.4 is 0 Å². The first-order valence-electron chi connectivity index (χ1n) is 9.64. The summed E-state index contributed by atoms with van der Waals surface area (Å²) >= 11 is 0. The monoisotopic (exact) mass is 407 g/mol. The van der Waals surface area contributed by atoms with Gasteiger partial charge in [-0.15, -0.1) is 0 Å². The third-order valence-corrected chi connectivity index (χ3v) is 4.84. The third-order valence-electron chi connectivity index (χ3n) is 4.84. The van der Waals surface area contributed by atoms with Crippen molar-refractivity contribution < 1.29 is 13.7 Å². The van der Waals surface area contributed by atoms with Gasteiger partial charge in [0.05, 0.1) is 35.2 Å². The van der Waals surface area contributed by atoms with Crippen molar-refractivity contribution in [2.75, 3.05) is 7.05 Å². The van der Waals surface area contributed by atoms with Crippen LogP contribution in [0.25, 0.3) is 22.2 Å². The molecule has 0 saturated carbocycles. The van der Waals surface area contributed by atoms with E-state index in [0.717, 1.165) is 11.3 Å². The minimum atomic E-state index is -0.424. The van der Waals surface area contributed by atoms with Crippen LogP contribution in [0, 0.1) is 12.7 Å². The van der Waals surface area contributed by atoms with E-state index in [4.69, 9.17) is 4.52 Å². The lowest BCUT2D eigenvalue weighted by atomic mass is 10.0. The molecule has 3 aromatic heterocycles. The number of benzene rings is 1. The van der Waals surface area contributed by atoms with E-state index in [1.54, 1.807) is 31.4 Å². The van der Waals surface area contributed by atoms with E-state index in [2.05, 4.69) is 15.2 Å². The van der Waals surface area contributed by atoms with Crippen LogP contribution >= 0.6 is 0 Å². The fraction of sp³-hybridized carbons (Fsp3) is 0.273. The number of hydrogen-bond donors (Lipinski definition) is 0. The number of carbonyl (C=O) groups is 1. The Balaban J connectivity index is 1.77. The molecule has 0 aliphatic rings. The summed E-state index contributed by atoms with van der Waals surface area (Å²) < 4.78 is 21.0. The molecule has 0 spiro atoms. The maximum atomic E-state index is 14.0. The highest BCUT2D eigenvalue weighted by Crippen LogP contribution is 2.27. The zero-order valence-electron chi connectivity index (χ0n) is 17.3. The molecule has 1 amide bonds. The van der Waals surface area contributed by atoms with Crippen molar-refractivity contribution >= 4 is 16.8 Å². The number of fused-ring (bicyclic) bond motifs is 1.